The Labute approximate surface area is 111 Å². The molecule has 0 atom stereocenters. The second-order valence-corrected chi connectivity index (χ2v) is 4.17. The van der Waals surface area contributed by atoms with Crippen molar-refractivity contribution in [2.45, 2.75) is 26.1 Å². The van der Waals surface area contributed by atoms with Gasteiger partial charge < -0.3 is 10.4 Å². The minimum absolute atomic E-state index is 0.00802. The summed E-state index contributed by atoms with van der Waals surface area (Å²) in [4.78, 5) is 11.6. The smallest absolute Gasteiger partial charge is 0.222 e. The molecule has 2 aromatic rings. The van der Waals surface area contributed by atoms with Crippen LogP contribution in [0.2, 0.25) is 0 Å². The molecule has 1 aromatic carbocycles. The predicted molar refractivity (Wildman–Crippen MR) is 68.9 cm³/mol. The van der Waals surface area contributed by atoms with Crippen molar-refractivity contribution in [1.82, 2.24) is 20.3 Å². The van der Waals surface area contributed by atoms with Crippen LogP contribution in [0.1, 0.15) is 17.5 Å². The van der Waals surface area contributed by atoms with Gasteiger partial charge in [0.05, 0.1) is 19.3 Å². The molecule has 0 spiro atoms. The maximum absolute atomic E-state index is 11.6. The van der Waals surface area contributed by atoms with Gasteiger partial charge in [0, 0.05) is 19.2 Å². The highest BCUT2D eigenvalue weighted by Crippen LogP contribution is 2.04. The van der Waals surface area contributed by atoms with E-state index in [9.17, 15) is 4.79 Å². The zero-order valence-electron chi connectivity index (χ0n) is 10.5. The van der Waals surface area contributed by atoms with Gasteiger partial charge in [0.2, 0.25) is 5.91 Å². The summed E-state index contributed by atoms with van der Waals surface area (Å²) in [7, 11) is 0. The molecule has 0 saturated heterocycles. The Bertz CT molecular complexity index is 525. The lowest BCUT2D eigenvalue weighted by Crippen LogP contribution is -2.24. The number of hydrogen-bond acceptors (Lipinski definition) is 4. The Hall–Kier alpha value is -2.21. The van der Waals surface area contributed by atoms with Gasteiger partial charge in [-0.05, 0) is 11.1 Å². The van der Waals surface area contributed by atoms with Crippen molar-refractivity contribution >= 4 is 5.91 Å². The first-order valence-corrected chi connectivity index (χ1v) is 6.07. The maximum atomic E-state index is 11.6. The molecule has 19 heavy (non-hydrogen) atoms. The van der Waals surface area contributed by atoms with Gasteiger partial charge in [0.1, 0.15) is 0 Å². The number of nitrogens with zero attached hydrogens (tertiary/aromatic N) is 3. The average Bonchev–Trinajstić information content (AvgIpc) is 2.96. The summed E-state index contributed by atoms with van der Waals surface area (Å²) in [6.07, 6.45) is 3.67. The van der Waals surface area contributed by atoms with Crippen LogP contribution in [0.5, 0.6) is 0 Å². The van der Waals surface area contributed by atoms with Crippen LogP contribution >= 0.6 is 0 Å². The number of nitrogens with one attached hydrogen (secondary N) is 1. The standard InChI is InChI=1S/C13H16N4O2/c18-10-12-3-1-2-11(8-12)9-14-13(19)4-6-17-7-5-15-16-17/h1-3,5,7-8,18H,4,6,9-10H2,(H,14,19). The van der Waals surface area contributed by atoms with E-state index in [-0.39, 0.29) is 12.5 Å². The third kappa shape index (κ3) is 4.18. The summed E-state index contributed by atoms with van der Waals surface area (Å²) >= 11 is 0. The minimum Gasteiger partial charge on any atom is -0.392 e. The van der Waals surface area contributed by atoms with Crippen LogP contribution in [0.25, 0.3) is 0 Å². The van der Waals surface area contributed by atoms with Crippen LogP contribution < -0.4 is 5.32 Å². The molecule has 6 heteroatoms. The normalized spacial score (nSPS) is 10.4. The lowest BCUT2D eigenvalue weighted by Gasteiger charge is -2.06. The average molecular weight is 260 g/mol. The number of amides is 1. The molecule has 2 rings (SSSR count). The van der Waals surface area contributed by atoms with Gasteiger partial charge in [-0.25, -0.2) is 0 Å². The second-order valence-electron chi connectivity index (χ2n) is 4.17. The summed E-state index contributed by atoms with van der Waals surface area (Å²) < 4.78 is 1.62. The molecule has 1 aromatic heterocycles. The number of carbonyl (C=O) groups excluding carboxylic acids is 1. The van der Waals surface area contributed by atoms with E-state index in [1.165, 1.54) is 0 Å². The highest BCUT2D eigenvalue weighted by molar-refractivity contribution is 5.75. The number of aliphatic hydroxyl groups excluding tert-OH is 1. The number of aryl methyl sites for hydroxylation is 1. The molecule has 0 radical (unpaired) electrons. The van der Waals surface area contributed by atoms with E-state index in [4.69, 9.17) is 5.11 Å². The molecule has 6 nitrogen and oxygen atoms in total. The van der Waals surface area contributed by atoms with Crippen molar-refractivity contribution < 1.29 is 9.90 Å². The first-order valence-electron chi connectivity index (χ1n) is 6.07. The zero-order chi connectivity index (χ0) is 13.5. The zero-order valence-corrected chi connectivity index (χ0v) is 10.5. The van der Waals surface area contributed by atoms with Gasteiger partial charge in [0.15, 0.2) is 0 Å². The third-order valence-corrected chi connectivity index (χ3v) is 2.70. The van der Waals surface area contributed by atoms with E-state index < -0.39 is 0 Å². The molecule has 0 aliphatic carbocycles. The number of aromatic nitrogens is 3. The molecular formula is C13H16N4O2. The summed E-state index contributed by atoms with van der Waals surface area (Å²) in [5.41, 5.74) is 1.81. The molecular weight excluding hydrogens is 244 g/mol. The Kier molecular flexibility index (Phi) is 4.63. The van der Waals surface area contributed by atoms with E-state index >= 15 is 0 Å². The van der Waals surface area contributed by atoms with Crippen molar-refractivity contribution in [1.29, 1.82) is 0 Å². The molecule has 1 heterocycles. The maximum Gasteiger partial charge on any atom is 0.222 e. The van der Waals surface area contributed by atoms with Crippen LogP contribution in [-0.2, 0) is 24.5 Å². The van der Waals surface area contributed by atoms with Crippen molar-refractivity contribution in [3.05, 3.63) is 47.8 Å². The molecule has 2 N–H and O–H groups in total. The van der Waals surface area contributed by atoms with Crippen LogP contribution in [-0.4, -0.2) is 26.0 Å². The number of rotatable bonds is 6. The van der Waals surface area contributed by atoms with Crippen molar-refractivity contribution in [3.8, 4) is 0 Å². The van der Waals surface area contributed by atoms with Crippen LogP contribution in [0.15, 0.2) is 36.7 Å². The molecule has 0 fully saturated rings. The highest BCUT2D eigenvalue weighted by Gasteiger charge is 2.02. The van der Waals surface area contributed by atoms with Crippen LogP contribution in [0.4, 0.5) is 0 Å². The van der Waals surface area contributed by atoms with Gasteiger partial charge in [0.25, 0.3) is 0 Å². The van der Waals surface area contributed by atoms with Gasteiger partial charge in [-0.2, -0.15) is 0 Å². The molecule has 0 unspecified atom stereocenters. The minimum atomic E-state index is -0.0371. The molecule has 100 valence electrons. The Morgan fingerprint density at radius 1 is 1.37 bits per heavy atom. The fraction of sp³-hybridized carbons (Fsp3) is 0.308. The fourth-order valence-electron chi connectivity index (χ4n) is 1.70. The van der Waals surface area contributed by atoms with Gasteiger partial charge in [-0.15, -0.1) is 5.10 Å². The molecule has 0 aliphatic rings. The van der Waals surface area contributed by atoms with E-state index in [2.05, 4.69) is 15.6 Å². The fourth-order valence-corrected chi connectivity index (χ4v) is 1.70. The van der Waals surface area contributed by atoms with Crippen molar-refractivity contribution in [3.63, 3.8) is 0 Å². The van der Waals surface area contributed by atoms with Gasteiger partial charge >= 0.3 is 0 Å². The van der Waals surface area contributed by atoms with Gasteiger partial charge in [-0.1, -0.05) is 29.5 Å². The van der Waals surface area contributed by atoms with E-state index in [0.717, 1.165) is 11.1 Å². The molecule has 1 amide bonds. The molecule has 0 aliphatic heterocycles. The highest BCUT2D eigenvalue weighted by atomic mass is 16.3. The largest absolute Gasteiger partial charge is 0.392 e. The molecule has 0 bridgehead atoms. The SMILES string of the molecule is O=C(CCn1ccnn1)NCc1cccc(CO)c1. The lowest BCUT2D eigenvalue weighted by atomic mass is 10.1. The summed E-state index contributed by atoms with van der Waals surface area (Å²) in [5, 5.41) is 19.3. The Morgan fingerprint density at radius 3 is 2.95 bits per heavy atom. The van der Waals surface area contributed by atoms with Crippen molar-refractivity contribution in [2.75, 3.05) is 0 Å². The number of benzene rings is 1. The monoisotopic (exact) mass is 260 g/mol. The molecule has 0 saturated carbocycles. The number of hydrogen-bond donors (Lipinski definition) is 2. The van der Waals surface area contributed by atoms with Gasteiger partial charge in [-0.3, -0.25) is 9.48 Å². The van der Waals surface area contributed by atoms with Crippen LogP contribution in [0, 0.1) is 0 Å². The Balaban J connectivity index is 1.76. The van der Waals surface area contributed by atoms with E-state index in [0.29, 0.717) is 19.5 Å². The van der Waals surface area contributed by atoms with E-state index in [1.54, 1.807) is 17.1 Å². The number of carbonyl (C=O) groups is 1. The first kappa shape index (κ1) is 13.2. The van der Waals surface area contributed by atoms with E-state index in [1.807, 2.05) is 24.3 Å². The third-order valence-electron chi connectivity index (χ3n) is 2.70. The number of aliphatic hydroxyl groups is 1. The first-order chi connectivity index (χ1) is 9.28. The predicted octanol–water partition coefficient (Wildman–Crippen LogP) is 0.477. The topological polar surface area (TPSA) is 80.0 Å². The lowest BCUT2D eigenvalue weighted by molar-refractivity contribution is -0.121. The second kappa shape index (κ2) is 6.65. The van der Waals surface area contributed by atoms with Crippen LogP contribution in [0.3, 0.4) is 0 Å². The summed E-state index contributed by atoms with van der Waals surface area (Å²) in [6, 6.07) is 7.49. The summed E-state index contributed by atoms with van der Waals surface area (Å²) in [6.45, 7) is 0.987. The quantitative estimate of drug-likeness (QED) is 0.791. The van der Waals surface area contributed by atoms with Crippen molar-refractivity contribution in [2.24, 2.45) is 0 Å². The summed E-state index contributed by atoms with van der Waals surface area (Å²) in [5.74, 6) is -0.0371. The Morgan fingerprint density at radius 2 is 2.21 bits per heavy atom.